The molecule has 0 N–H and O–H groups in total. The molecule has 0 bridgehead atoms. The maximum absolute atomic E-state index is 11.3. The van der Waals surface area contributed by atoms with Crippen molar-refractivity contribution in [1.82, 2.24) is 4.90 Å². The molecule has 1 saturated heterocycles. The largest absolute Gasteiger partial charge is 0.447 e. The van der Waals surface area contributed by atoms with Crippen LogP contribution in [-0.2, 0) is 10.3 Å². The minimum absolute atomic E-state index is 0.253. The summed E-state index contributed by atoms with van der Waals surface area (Å²) in [4.78, 5) is 12.9. The van der Waals surface area contributed by atoms with Crippen molar-refractivity contribution in [2.45, 2.75) is 12.5 Å². The van der Waals surface area contributed by atoms with E-state index in [-0.39, 0.29) is 11.6 Å². The highest BCUT2D eigenvalue weighted by Crippen LogP contribution is 2.32. The molecule has 1 aliphatic heterocycles. The van der Waals surface area contributed by atoms with E-state index in [9.17, 15) is 4.79 Å². The molecule has 3 heteroatoms. The van der Waals surface area contributed by atoms with E-state index in [0.29, 0.717) is 6.61 Å². The molecule has 0 spiro atoms. The second-order valence-electron chi connectivity index (χ2n) is 3.75. The Morgan fingerprint density at radius 2 is 2.00 bits per heavy atom. The molecule has 14 heavy (non-hydrogen) atoms. The molecule has 0 aromatic heterocycles. The summed E-state index contributed by atoms with van der Waals surface area (Å²) in [6, 6.07) is 9.93. The van der Waals surface area contributed by atoms with Crippen LogP contribution in [0.2, 0.25) is 0 Å². The number of likely N-dealkylation sites (N-methyl/N-ethyl adjacent to an activating group) is 1. The minimum Gasteiger partial charge on any atom is -0.447 e. The van der Waals surface area contributed by atoms with Gasteiger partial charge in [0, 0.05) is 7.05 Å². The van der Waals surface area contributed by atoms with E-state index in [2.05, 4.69) is 0 Å². The maximum Gasteiger partial charge on any atom is 0.410 e. The highest BCUT2D eigenvalue weighted by atomic mass is 16.6. The van der Waals surface area contributed by atoms with Crippen molar-refractivity contribution in [1.29, 1.82) is 0 Å². The lowest BCUT2D eigenvalue weighted by Gasteiger charge is -2.28. The fourth-order valence-corrected chi connectivity index (χ4v) is 1.67. The van der Waals surface area contributed by atoms with Gasteiger partial charge in [-0.2, -0.15) is 0 Å². The number of rotatable bonds is 1. The lowest BCUT2D eigenvalue weighted by Crippen LogP contribution is -2.39. The van der Waals surface area contributed by atoms with Crippen LogP contribution in [0.1, 0.15) is 12.5 Å². The van der Waals surface area contributed by atoms with Crippen molar-refractivity contribution in [3.05, 3.63) is 35.9 Å². The van der Waals surface area contributed by atoms with Gasteiger partial charge in [0.1, 0.15) is 12.1 Å². The van der Waals surface area contributed by atoms with Gasteiger partial charge in [0.05, 0.1) is 0 Å². The number of cyclic esters (lactones) is 1. The van der Waals surface area contributed by atoms with E-state index in [0.717, 1.165) is 5.56 Å². The first-order valence-electron chi connectivity index (χ1n) is 4.61. The molecular weight excluding hydrogens is 178 g/mol. The van der Waals surface area contributed by atoms with Crippen LogP contribution in [0.25, 0.3) is 0 Å². The number of hydrogen-bond acceptors (Lipinski definition) is 2. The Morgan fingerprint density at radius 1 is 1.36 bits per heavy atom. The van der Waals surface area contributed by atoms with Crippen molar-refractivity contribution in [3.8, 4) is 0 Å². The molecule has 1 atom stereocenters. The van der Waals surface area contributed by atoms with Crippen LogP contribution < -0.4 is 0 Å². The smallest absolute Gasteiger partial charge is 0.410 e. The third-order valence-electron chi connectivity index (χ3n) is 2.89. The number of hydrogen-bond donors (Lipinski definition) is 0. The summed E-state index contributed by atoms with van der Waals surface area (Å²) in [5.74, 6) is 0. The zero-order valence-corrected chi connectivity index (χ0v) is 8.36. The third kappa shape index (κ3) is 1.16. The quantitative estimate of drug-likeness (QED) is 0.679. The summed E-state index contributed by atoms with van der Waals surface area (Å²) >= 11 is 0. The lowest BCUT2D eigenvalue weighted by molar-refractivity contribution is 0.162. The highest BCUT2D eigenvalue weighted by molar-refractivity contribution is 5.71. The molecule has 1 aromatic rings. The number of nitrogens with zero attached hydrogens (tertiary/aromatic N) is 1. The normalized spacial score (nSPS) is 26.4. The van der Waals surface area contributed by atoms with Crippen molar-refractivity contribution in [2.75, 3.05) is 13.7 Å². The Hall–Kier alpha value is -1.51. The third-order valence-corrected chi connectivity index (χ3v) is 2.89. The molecule has 1 aromatic carbocycles. The zero-order valence-electron chi connectivity index (χ0n) is 8.36. The van der Waals surface area contributed by atoms with Crippen molar-refractivity contribution < 1.29 is 9.53 Å². The molecule has 1 aliphatic rings. The van der Waals surface area contributed by atoms with Crippen LogP contribution in [0.5, 0.6) is 0 Å². The van der Waals surface area contributed by atoms with Gasteiger partial charge in [-0.25, -0.2) is 4.79 Å². The summed E-state index contributed by atoms with van der Waals surface area (Å²) in [6.45, 7) is 2.43. The Kier molecular flexibility index (Phi) is 1.95. The Bertz CT molecular complexity index is 350. The van der Waals surface area contributed by atoms with E-state index in [4.69, 9.17) is 4.74 Å². The van der Waals surface area contributed by atoms with Crippen LogP contribution in [0, 0.1) is 0 Å². The van der Waals surface area contributed by atoms with E-state index < -0.39 is 0 Å². The number of amides is 1. The number of benzene rings is 1. The average Bonchev–Trinajstić information content (AvgIpc) is 2.49. The fourth-order valence-electron chi connectivity index (χ4n) is 1.67. The molecule has 2 rings (SSSR count). The van der Waals surface area contributed by atoms with Crippen LogP contribution in [0.15, 0.2) is 30.3 Å². The predicted octanol–water partition coefficient (Wildman–Crippen LogP) is 1.98. The van der Waals surface area contributed by atoms with E-state index in [1.165, 1.54) is 0 Å². The summed E-state index contributed by atoms with van der Waals surface area (Å²) in [7, 11) is 1.77. The molecule has 0 aliphatic carbocycles. The fraction of sp³-hybridized carbons (Fsp3) is 0.364. The summed E-state index contributed by atoms with van der Waals surface area (Å²) in [5, 5.41) is 0. The Labute approximate surface area is 83.3 Å². The van der Waals surface area contributed by atoms with Gasteiger partial charge in [0.25, 0.3) is 0 Å². The van der Waals surface area contributed by atoms with E-state index in [1.54, 1.807) is 11.9 Å². The van der Waals surface area contributed by atoms with Crippen LogP contribution >= 0.6 is 0 Å². The summed E-state index contributed by atoms with van der Waals surface area (Å²) in [6.07, 6.45) is -0.253. The first kappa shape index (κ1) is 9.06. The first-order chi connectivity index (χ1) is 6.64. The van der Waals surface area contributed by atoms with E-state index in [1.807, 2.05) is 37.3 Å². The molecule has 1 unspecified atom stereocenters. The van der Waals surface area contributed by atoms with Gasteiger partial charge in [0.2, 0.25) is 0 Å². The number of carbonyl (C=O) groups is 1. The summed E-state index contributed by atoms with van der Waals surface area (Å²) in [5.41, 5.74) is 0.784. The lowest BCUT2D eigenvalue weighted by atomic mass is 9.92. The number of ether oxygens (including phenoxy) is 1. The second-order valence-corrected chi connectivity index (χ2v) is 3.75. The van der Waals surface area contributed by atoms with Gasteiger partial charge >= 0.3 is 6.09 Å². The average molecular weight is 191 g/mol. The SMILES string of the molecule is CN1C(=O)OCC1(C)c1ccccc1. The molecular formula is C11H13NO2. The number of carbonyl (C=O) groups excluding carboxylic acids is 1. The zero-order chi connectivity index (χ0) is 10.2. The molecule has 1 heterocycles. The summed E-state index contributed by atoms with van der Waals surface area (Å²) < 4.78 is 5.02. The van der Waals surface area contributed by atoms with Gasteiger partial charge in [-0.1, -0.05) is 30.3 Å². The Balaban J connectivity index is 2.39. The van der Waals surface area contributed by atoms with Gasteiger partial charge in [0.15, 0.2) is 0 Å². The van der Waals surface area contributed by atoms with Gasteiger partial charge in [-0.3, -0.25) is 4.90 Å². The van der Waals surface area contributed by atoms with Gasteiger partial charge in [-0.05, 0) is 12.5 Å². The van der Waals surface area contributed by atoms with Gasteiger partial charge < -0.3 is 4.74 Å². The van der Waals surface area contributed by atoms with Crippen LogP contribution in [0.4, 0.5) is 4.79 Å². The second kappa shape index (κ2) is 3.01. The predicted molar refractivity (Wildman–Crippen MR) is 52.9 cm³/mol. The Morgan fingerprint density at radius 3 is 2.50 bits per heavy atom. The van der Waals surface area contributed by atoms with Crippen LogP contribution in [0.3, 0.4) is 0 Å². The van der Waals surface area contributed by atoms with Crippen LogP contribution in [-0.4, -0.2) is 24.6 Å². The minimum atomic E-state index is -0.321. The van der Waals surface area contributed by atoms with Crippen molar-refractivity contribution in [3.63, 3.8) is 0 Å². The van der Waals surface area contributed by atoms with Crippen molar-refractivity contribution in [2.24, 2.45) is 0 Å². The van der Waals surface area contributed by atoms with E-state index >= 15 is 0 Å². The standard InChI is InChI=1S/C11H13NO2/c1-11(8-14-10(13)12(11)2)9-6-4-3-5-7-9/h3-7H,8H2,1-2H3. The van der Waals surface area contributed by atoms with Crippen molar-refractivity contribution >= 4 is 6.09 Å². The molecule has 1 fully saturated rings. The monoisotopic (exact) mass is 191 g/mol. The topological polar surface area (TPSA) is 29.5 Å². The molecule has 0 saturated carbocycles. The molecule has 3 nitrogen and oxygen atoms in total. The van der Waals surface area contributed by atoms with Gasteiger partial charge in [-0.15, -0.1) is 0 Å². The molecule has 1 amide bonds. The first-order valence-corrected chi connectivity index (χ1v) is 4.61. The molecule has 0 radical (unpaired) electrons. The molecule has 74 valence electrons. The highest BCUT2D eigenvalue weighted by Gasteiger charge is 2.42. The maximum atomic E-state index is 11.3.